The third-order valence-corrected chi connectivity index (χ3v) is 3.89. The van der Waals surface area contributed by atoms with E-state index >= 15 is 0 Å². The van der Waals surface area contributed by atoms with Gasteiger partial charge in [-0.25, -0.2) is 0 Å². The summed E-state index contributed by atoms with van der Waals surface area (Å²) in [5, 5.41) is 6.07. The monoisotopic (exact) mass is 342 g/mol. The molecule has 0 saturated carbocycles. The summed E-state index contributed by atoms with van der Waals surface area (Å²) >= 11 is 0. The molecule has 1 amide bonds. The van der Waals surface area contributed by atoms with Crippen molar-refractivity contribution in [1.82, 2.24) is 0 Å². The average Bonchev–Trinajstić information content (AvgIpc) is 2.61. The maximum Gasteiger partial charge on any atom is 0.243 e. The molecule has 0 aliphatic heterocycles. The molecule has 0 spiro atoms. The number of ether oxygens (including phenoxy) is 2. The first-order valence-corrected chi connectivity index (χ1v) is 8.51. The largest absolute Gasteiger partial charge is 0.489 e. The third-order valence-electron chi connectivity index (χ3n) is 3.89. The van der Waals surface area contributed by atoms with Gasteiger partial charge in [-0.3, -0.25) is 4.79 Å². The van der Waals surface area contributed by atoms with Crippen LogP contribution in [0.3, 0.4) is 0 Å². The molecule has 0 heterocycles. The maximum atomic E-state index is 12.3. The molecule has 5 heteroatoms. The van der Waals surface area contributed by atoms with Gasteiger partial charge in [-0.1, -0.05) is 24.3 Å². The first kappa shape index (κ1) is 18.8. The summed E-state index contributed by atoms with van der Waals surface area (Å²) in [4.78, 5) is 12.3. The molecule has 0 fully saturated rings. The number of nitrogens with one attached hydrogen (secondary N) is 2. The Morgan fingerprint density at radius 1 is 1.00 bits per heavy atom. The zero-order chi connectivity index (χ0) is 18.1. The number of rotatable bonds is 9. The number of carbonyl (C=O) groups is 1. The van der Waals surface area contributed by atoms with E-state index in [1.807, 2.05) is 50.2 Å². The second-order valence-electron chi connectivity index (χ2n) is 5.69. The predicted octanol–water partition coefficient (Wildman–Crippen LogP) is 3.77. The maximum absolute atomic E-state index is 12.3. The standard InChI is InChI=1S/C20H26N2O3/c1-4-24-12-13-25-19-11-6-5-9-18(19)22-20(23)14-21-17-10-7-8-15(2)16(17)3/h5-11,21H,4,12-14H2,1-3H3,(H,22,23). The van der Waals surface area contributed by atoms with Crippen LogP contribution in [0.1, 0.15) is 18.1 Å². The molecule has 0 unspecified atom stereocenters. The lowest BCUT2D eigenvalue weighted by Crippen LogP contribution is -2.22. The van der Waals surface area contributed by atoms with Gasteiger partial charge in [0.2, 0.25) is 5.91 Å². The van der Waals surface area contributed by atoms with Crippen molar-refractivity contribution >= 4 is 17.3 Å². The van der Waals surface area contributed by atoms with Gasteiger partial charge in [0, 0.05) is 12.3 Å². The van der Waals surface area contributed by atoms with Crippen molar-refractivity contribution in [2.45, 2.75) is 20.8 Å². The van der Waals surface area contributed by atoms with E-state index in [4.69, 9.17) is 9.47 Å². The molecule has 2 rings (SSSR count). The molecule has 2 N–H and O–H groups in total. The lowest BCUT2D eigenvalue weighted by atomic mass is 10.1. The Labute approximate surface area is 149 Å². The summed E-state index contributed by atoms with van der Waals surface area (Å²) in [7, 11) is 0. The predicted molar refractivity (Wildman–Crippen MR) is 101 cm³/mol. The number of para-hydroxylation sites is 2. The van der Waals surface area contributed by atoms with Crippen LogP contribution in [0.5, 0.6) is 5.75 Å². The van der Waals surface area contributed by atoms with E-state index in [0.717, 1.165) is 11.3 Å². The number of carbonyl (C=O) groups excluding carboxylic acids is 1. The van der Waals surface area contributed by atoms with E-state index in [0.29, 0.717) is 31.3 Å². The van der Waals surface area contributed by atoms with Crippen LogP contribution < -0.4 is 15.4 Å². The molecule has 25 heavy (non-hydrogen) atoms. The summed E-state index contributed by atoms with van der Waals surface area (Å²) in [6.07, 6.45) is 0. The highest BCUT2D eigenvalue weighted by atomic mass is 16.5. The van der Waals surface area contributed by atoms with Crippen molar-refractivity contribution in [1.29, 1.82) is 0 Å². The number of anilines is 2. The highest BCUT2D eigenvalue weighted by Crippen LogP contribution is 2.24. The normalized spacial score (nSPS) is 10.4. The van der Waals surface area contributed by atoms with E-state index in [1.54, 1.807) is 0 Å². The Bertz CT molecular complexity index is 701. The highest BCUT2D eigenvalue weighted by molar-refractivity contribution is 5.95. The van der Waals surface area contributed by atoms with Gasteiger partial charge < -0.3 is 20.1 Å². The van der Waals surface area contributed by atoms with Crippen LogP contribution in [0.4, 0.5) is 11.4 Å². The van der Waals surface area contributed by atoms with Crippen LogP contribution in [-0.4, -0.2) is 32.3 Å². The van der Waals surface area contributed by atoms with Crippen LogP contribution >= 0.6 is 0 Å². The van der Waals surface area contributed by atoms with E-state index in [-0.39, 0.29) is 12.5 Å². The minimum absolute atomic E-state index is 0.123. The number of aryl methyl sites for hydroxylation is 1. The zero-order valence-electron chi connectivity index (χ0n) is 15.1. The quantitative estimate of drug-likeness (QED) is 0.681. The molecule has 134 valence electrons. The zero-order valence-corrected chi connectivity index (χ0v) is 15.1. The Morgan fingerprint density at radius 3 is 2.56 bits per heavy atom. The molecule has 0 saturated heterocycles. The van der Waals surface area contributed by atoms with Gasteiger partial charge in [-0.15, -0.1) is 0 Å². The lowest BCUT2D eigenvalue weighted by molar-refractivity contribution is -0.114. The smallest absolute Gasteiger partial charge is 0.243 e. The number of amides is 1. The molecular weight excluding hydrogens is 316 g/mol. The van der Waals surface area contributed by atoms with Gasteiger partial charge >= 0.3 is 0 Å². The van der Waals surface area contributed by atoms with Gasteiger partial charge in [0.1, 0.15) is 12.4 Å². The first-order valence-electron chi connectivity index (χ1n) is 8.51. The second kappa shape index (κ2) is 9.69. The highest BCUT2D eigenvalue weighted by Gasteiger charge is 2.08. The summed E-state index contributed by atoms with van der Waals surface area (Å²) in [6, 6.07) is 13.4. The van der Waals surface area contributed by atoms with Gasteiger partial charge in [0.25, 0.3) is 0 Å². The van der Waals surface area contributed by atoms with Crippen molar-refractivity contribution < 1.29 is 14.3 Å². The number of hydrogen-bond donors (Lipinski definition) is 2. The van der Waals surface area contributed by atoms with Crippen molar-refractivity contribution in [3.63, 3.8) is 0 Å². The SMILES string of the molecule is CCOCCOc1ccccc1NC(=O)CNc1cccc(C)c1C. The molecule has 0 aromatic heterocycles. The molecule has 2 aromatic carbocycles. The molecule has 0 aliphatic rings. The van der Waals surface area contributed by atoms with Crippen molar-refractivity contribution in [3.05, 3.63) is 53.6 Å². The first-order chi connectivity index (χ1) is 12.1. The topological polar surface area (TPSA) is 59.6 Å². The van der Waals surface area contributed by atoms with Crippen LogP contribution in [0.15, 0.2) is 42.5 Å². The van der Waals surface area contributed by atoms with Crippen molar-refractivity contribution in [2.24, 2.45) is 0 Å². The second-order valence-corrected chi connectivity index (χ2v) is 5.69. The molecular formula is C20H26N2O3. The number of hydrogen-bond acceptors (Lipinski definition) is 4. The summed E-state index contributed by atoms with van der Waals surface area (Å²) in [5.41, 5.74) is 3.97. The fourth-order valence-corrected chi connectivity index (χ4v) is 2.36. The van der Waals surface area contributed by atoms with Crippen molar-refractivity contribution in [3.8, 4) is 5.75 Å². The molecule has 2 aromatic rings. The minimum Gasteiger partial charge on any atom is -0.489 e. The average molecular weight is 342 g/mol. The Balaban J connectivity index is 1.90. The lowest BCUT2D eigenvalue weighted by Gasteiger charge is -2.14. The summed E-state index contributed by atoms with van der Waals surface area (Å²) in [6.45, 7) is 7.85. The van der Waals surface area contributed by atoms with Crippen LogP contribution in [-0.2, 0) is 9.53 Å². The van der Waals surface area contributed by atoms with Crippen LogP contribution in [0.25, 0.3) is 0 Å². The van der Waals surface area contributed by atoms with Gasteiger partial charge in [0.15, 0.2) is 0 Å². The molecule has 0 bridgehead atoms. The third kappa shape index (κ3) is 5.80. The molecule has 0 aliphatic carbocycles. The fourth-order valence-electron chi connectivity index (χ4n) is 2.36. The van der Waals surface area contributed by atoms with Gasteiger partial charge in [0.05, 0.1) is 18.8 Å². The van der Waals surface area contributed by atoms with Gasteiger partial charge in [-0.2, -0.15) is 0 Å². The summed E-state index contributed by atoms with van der Waals surface area (Å²) in [5.74, 6) is 0.518. The Hall–Kier alpha value is -2.53. The van der Waals surface area contributed by atoms with Crippen molar-refractivity contribution in [2.75, 3.05) is 37.0 Å². The van der Waals surface area contributed by atoms with Gasteiger partial charge in [-0.05, 0) is 50.1 Å². The van der Waals surface area contributed by atoms with E-state index in [1.165, 1.54) is 5.56 Å². The Morgan fingerprint density at radius 2 is 1.76 bits per heavy atom. The summed E-state index contributed by atoms with van der Waals surface area (Å²) < 4.78 is 10.9. The van der Waals surface area contributed by atoms with Crippen LogP contribution in [0, 0.1) is 13.8 Å². The molecule has 0 atom stereocenters. The molecule has 0 radical (unpaired) electrons. The van der Waals surface area contributed by atoms with E-state index in [2.05, 4.69) is 23.6 Å². The Kier molecular flexibility index (Phi) is 7.29. The van der Waals surface area contributed by atoms with Crippen LogP contribution in [0.2, 0.25) is 0 Å². The van der Waals surface area contributed by atoms with E-state index < -0.39 is 0 Å². The minimum atomic E-state index is -0.123. The number of benzene rings is 2. The fraction of sp³-hybridized carbons (Fsp3) is 0.350. The molecule has 5 nitrogen and oxygen atoms in total. The van der Waals surface area contributed by atoms with E-state index in [9.17, 15) is 4.79 Å².